The average Bonchev–Trinajstić information content (AvgIpc) is 2.88. The van der Waals surface area contributed by atoms with Crippen LogP contribution in [0.25, 0.3) is 0 Å². The van der Waals surface area contributed by atoms with Gasteiger partial charge in [-0.3, -0.25) is 0 Å². The molecule has 1 aliphatic rings. The molecule has 2 aromatic heterocycles. The summed E-state index contributed by atoms with van der Waals surface area (Å²) in [6, 6.07) is 9.38. The molecule has 2 aromatic rings. The molecule has 1 N–H and O–H groups in total. The van der Waals surface area contributed by atoms with Crippen molar-refractivity contribution in [3.63, 3.8) is 0 Å². The normalized spacial score (nSPS) is 18.8. The largest absolute Gasteiger partial charge is 0.302 e. The summed E-state index contributed by atoms with van der Waals surface area (Å²) in [5.74, 6) is 0.821. The van der Waals surface area contributed by atoms with Gasteiger partial charge in [-0.15, -0.1) is 22.7 Å². The molecule has 0 spiro atoms. The van der Waals surface area contributed by atoms with Crippen molar-refractivity contribution < 1.29 is 0 Å². The van der Waals surface area contributed by atoms with Gasteiger partial charge >= 0.3 is 0 Å². The van der Waals surface area contributed by atoms with Crippen molar-refractivity contribution in [1.82, 2.24) is 5.32 Å². The number of hydrogen-bond acceptors (Lipinski definition) is 3. The van der Waals surface area contributed by atoms with E-state index in [9.17, 15) is 0 Å². The second-order valence-corrected chi connectivity index (χ2v) is 7.59. The van der Waals surface area contributed by atoms with Gasteiger partial charge in [-0.25, -0.2) is 0 Å². The summed E-state index contributed by atoms with van der Waals surface area (Å²) < 4.78 is 0.873. The van der Waals surface area contributed by atoms with E-state index in [1.54, 1.807) is 11.3 Å². The minimum Gasteiger partial charge on any atom is -0.302 e. The lowest BCUT2D eigenvalue weighted by Crippen LogP contribution is -2.25. The lowest BCUT2D eigenvalue weighted by atomic mass is 10.1. The molecule has 0 radical (unpaired) electrons. The number of hydrogen-bond donors (Lipinski definition) is 1. The van der Waals surface area contributed by atoms with E-state index in [1.165, 1.54) is 22.6 Å². The van der Waals surface area contributed by atoms with Crippen molar-refractivity contribution >= 4 is 34.3 Å². The van der Waals surface area contributed by atoms with Crippen molar-refractivity contribution in [2.45, 2.75) is 31.8 Å². The summed E-state index contributed by atoms with van der Waals surface area (Å²) in [6.45, 7) is 2.23. The molecule has 1 saturated carbocycles. The Morgan fingerprint density at radius 2 is 2.11 bits per heavy atom. The fourth-order valence-electron chi connectivity index (χ4n) is 2.26. The van der Waals surface area contributed by atoms with Gasteiger partial charge in [0.25, 0.3) is 0 Å². The van der Waals surface area contributed by atoms with Crippen molar-refractivity contribution in [3.05, 3.63) is 43.7 Å². The molecule has 0 saturated heterocycles. The average molecular weight is 298 g/mol. The summed E-state index contributed by atoms with van der Waals surface area (Å²) in [7, 11) is 0. The Bertz CT molecular complexity index is 502. The minimum atomic E-state index is 0.371. The molecule has 1 nitrogen and oxygen atoms in total. The van der Waals surface area contributed by atoms with Crippen molar-refractivity contribution in [1.29, 1.82) is 0 Å². The molecule has 4 heteroatoms. The van der Waals surface area contributed by atoms with E-state index in [4.69, 9.17) is 11.6 Å². The Kier molecular flexibility index (Phi) is 3.76. The van der Waals surface area contributed by atoms with E-state index in [0.29, 0.717) is 12.1 Å². The maximum Gasteiger partial charge on any atom is 0.0931 e. The fourth-order valence-corrected chi connectivity index (χ4v) is 4.21. The first-order valence-electron chi connectivity index (χ1n) is 6.28. The molecule has 1 aliphatic carbocycles. The first kappa shape index (κ1) is 12.7. The van der Waals surface area contributed by atoms with Crippen LogP contribution >= 0.6 is 34.3 Å². The first-order valence-corrected chi connectivity index (χ1v) is 8.36. The van der Waals surface area contributed by atoms with Gasteiger partial charge in [-0.1, -0.05) is 17.7 Å². The van der Waals surface area contributed by atoms with Crippen LogP contribution in [0.5, 0.6) is 0 Å². The van der Waals surface area contributed by atoms with Gasteiger partial charge in [-0.2, -0.15) is 0 Å². The van der Waals surface area contributed by atoms with Crippen LogP contribution in [0, 0.1) is 5.92 Å². The molecule has 0 aliphatic heterocycles. The molecule has 2 unspecified atom stereocenters. The van der Waals surface area contributed by atoms with Crippen LogP contribution in [0.1, 0.15) is 41.6 Å². The predicted molar refractivity (Wildman–Crippen MR) is 80.7 cm³/mol. The zero-order chi connectivity index (χ0) is 12.5. The molecule has 96 valence electrons. The Morgan fingerprint density at radius 1 is 1.28 bits per heavy atom. The van der Waals surface area contributed by atoms with E-state index in [-0.39, 0.29) is 0 Å². The highest BCUT2D eigenvalue weighted by atomic mass is 35.5. The second kappa shape index (κ2) is 5.33. The fraction of sp³-hybridized carbons (Fsp3) is 0.429. The number of rotatable bonds is 5. The zero-order valence-electron chi connectivity index (χ0n) is 10.2. The second-order valence-electron chi connectivity index (χ2n) is 4.86. The van der Waals surface area contributed by atoms with Gasteiger partial charge in [0.1, 0.15) is 0 Å². The lowest BCUT2D eigenvalue weighted by Gasteiger charge is -2.21. The van der Waals surface area contributed by atoms with Crippen LogP contribution in [0.4, 0.5) is 0 Å². The van der Waals surface area contributed by atoms with E-state index < -0.39 is 0 Å². The molecule has 3 rings (SSSR count). The van der Waals surface area contributed by atoms with E-state index in [0.717, 1.165) is 10.3 Å². The lowest BCUT2D eigenvalue weighted by molar-refractivity contribution is 0.436. The maximum atomic E-state index is 6.01. The number of nitrogens with one attached hydrogen (secondary N) is 1. The smallest absolute Gasteiger partial charge is 0.0931 e. The Labute approximate surface area is 121 Å². The molecule has 0 bridgehead atoms. The van der Waals surface area contributed by atoms with Crippen molar-refractivity contribution in [2.75, 3.05) is 0 Å². The molecule has 0 aromatic carbocycles. The van der Waals surface area contributed by atoms with Gasteiger partial charge in [0.05, 0.1) is 4.34 Å². The molecule has 2 atom stereocenters. The molecule has 1 fully saturated rings. The van der Waals surface area contributed by atoms with E-state index >= 15 is 0 Å². The van der Waals surface area contributed by atoms with Gasteiger partial charge in [0.2, 0.25) is 0 Å². The Hall–Kier alpha value is -0.350. The molecular weight excluding hydrogens is 282 g/mol. The van der Waals surface area contributed by atoms with Crippen LogP contribution in [0.15, 0.2) is 29.6 Å². The molecule has 2 heterocycles. The summed E-state index contributed by atoms with van der Waals surface area (Å²) in [6.07, 6.45) is 2.71. The molecule has 18 heavy (non-hydrogen) atoms. The SMILES string of the molecule is CC(NC(c1cccs1)C1CC1)c1ccc(Cl)s1. The van der Waals surface area contributed by atoms with Crippen LogP contribution < -0.4 is 5.32 Å². The highest BCUT2D eigenvalue weighted by Gasteiger charge is 2.33. The number of halogens is 1. The van der Waals surface area contributed by atoms with Crippen LogP contribution in [0.3, 0.4) is 0 Å². The maximum absolute atomic E-state index is 6.01. The third kappa shape index (κ3) is 2.80. The molecule has 0 amide bonds. The van der Waals surface area contributed by atoms with Gasteiger partial charge in [-0.05, 0) is 49.3 Å². The third-order valence-electron chi connectivity index (χ3n) is 3.39. The summed E-state index contributed by atoms with van der Waals surface area (Å²) in [4.78, 5) is 2.79. The predicted octanol–water partition coefficient (Wildman–Crippen LogP) is 5.26. The summed E-state index contributed by atoms with van der Waals surface area (Å²) in [5, 5.41) is 5.94. The topological polar surface area (TPSA) is 12.0 Å². The monoisotopic (exact) mass is 297 g/mol. The van der Waals surface area contributed by atoms with Crippen LogP contribution in [-0.2, 0) is 0 Å². The number of thiophene rings is 2. The van der Waals surface area contributed by atoms with Crippen LogP contribution in [-0.4, -0.2) is 0 Å². The minimum absolute atomic E-state index is 0.371. The Balaban J connectivity index is 1.73. The summed E-state index contributed by atoms with van der Waals surface area (Å²) in [5.41, 5.74) is 0. The first-order chi connectivity index (χ1) is 8.74. The van der Waals surface area contributed by atoms with Crippen molar-refractivity contribution in [3.8, 4) is 0 Å². The third-order valence-corrected chi connectivity index (χ3v) is 5.76. The van der Waals surface area contributed by atoms with Crippen molar-refractivity contribution in [2.24, 2.45) is 5.92 Å². The quantitative estimate of drug-likeness (QED) is 0.793. The highest BCUT2D eigenvalue weighted by Crippen LogP contribution is 2.43. The summed E-state index contributed by atoms with van der Waals surface area (Å²) >= 11 is 9.54. The van der Waals surface area contributed by atoms with Crippen LogP contribution in [0.2, 0.25) is 4.34 Å². The standard InChI is InChI=1S/C14H16ClNS2/c1-9(11-6-7-13(15)18-11)16-14(10-4-5-10)12-3-2-8-17-12/h2-3,6-10,14,16H,4-5H2,1H3. The van der Waals surface area contributed by atoms with E-state index in [1.807, 2.05) is 17.4 Å². The molecular formula is C14H16ClNS2. The van der Waals surface area contributed by atoms with Gasteiger partial charge in [0.15, 0.2) is 0 Å². The van der Waals surface area contributed by atoms with Gasteiger partial charge in [0, 0.05) is 21.8 Å². The zero-order valence-corrected chi connectivity index (χ0v) is 12.6. The highest BCUT2D eigenvalue weighted by molar-refractivity contribution is 7.16. The Morgan fingerprint density at radius 3 is 2.67 bits per heavy atom. The van der Waals surface area contributed by atoms with Gasteiger partial charge < -0.3 is 5.32 Å². The van der Waals surface area contributed by atoms with E-state index in [2.05, 4.69) is 35.8 Å².